The van der Waals surface area contributed by atoms with Crippen molar-refractivity contribution in [3.8, 4) is 23.0 Å². The van der Waals surface area contributed by atoms with Gasteiger partial charge in [-0.3, -0.25) is 9.59 Å². The van der Waals surface area contributed by atoms with Crippen LogP contribution in [-0.4, -0.2) is 18.4 Å². The average molecular weight is 663 g/mol. The van der Waals surface area contributed by atoms with E-state index < -0.39 is 0 Å². The fourth-order valence-corrected chi connectivity index (χ4v) is 5.41. The van der Waals surface area contributed by atoms with Crippen molar-refractivity contribution < 1.29 is 28.5 Å². The van der Waals surface area contributed by atoms with E-state index in [2.05, 4.69) is 6.92 Å². The van der Waals surface area contributed by atoms with Gasteiger partial charge in [-0.25, -0.2) is 0 Å². The van der Waals surface area contributed by atoms with Gasteiger partial charge in [0.25, 0.3) is 0 Å². The largest absolute Gasteiger partial charge is 0.493 e. The topological polar surface area (TPSA) is 71.1 Å². The van der Waals surface area contributed by atoms with Gasteiger partial charge in [0, 0.05) is 24.1 Å². The van der Waals surface area contributed by atoms with E-state index >= 15 is 0 Å². The molecule has 0 saturated carbocycles. The summed E-state index contributed by atoms with van der Waals surface area (Å²) in [7, 11) is 0. The Bertz CT molecular complexity index is 1600. The number of ketones is 1. The van der Waals surface area contributed by atoms with Gasteiger partial charge >= 0.3 is 5.97 Å². The zero-order chi connectivity index (χ0) is 34.5. The van der Waals surface area contributed by atoms with Crippen molar-refractivity contribution in [1.29, 1.82) is 0 Å². The Morgan fingerprint density at radius 2 is 1.18 bits per heavy atom. The molecule has 0 amide bonds. The molecule has 4 rings (SSSR count). The zero-order valence-corrected chi connectivity index (χ0v) is 29.0. The minimum absolute atomic E-state index is 0.225. The highest BCUT2D eigenvalue weighted by Gasteiger charge is 2.14. The first-order valence-corrected chi connectivity index (χ1v) is 17.7. The van der Waals surface area contributed by atoms with Crippen LogP contribution in [0.5, 0.6) is 23.0 Å². The van der Waals surface area contributed by atoms with Crippen molar-refractivity contribution in [2.45, 2.75) is 91.3 Å². The van der Waals surface area contributed by atoms with E-state index in [1.165, 1.54) is 44.6 Å². The van der Waals surface area contributed by atoms with Crippen LogP contribution in [0.4, 0.5) is 0 Å². The van der Waals surface area contributed by atoms with E-state index in [4.69, 9.17) is 18.9 Å². The number of benzene rings is 4. The summed E-state index contributed by atoms with van der Waals surface area (Å²) in [6.45, 7) is 5.25. The van der Waals surface area contributed by atoms with Gasteiger partial charge in [0.15, 0.2) is 5.78 Å². The zero-order valence-electron chi connectivity index (χ0n) is 29.0. The van der Waals surface area contributed by atoms with Crippen molar-refractivity contribution in [2.24, 2.45) is 0 Å². The molecular formula is C43H50O6. The van der Waals surface area contributed by atoms with E-state index in [0.29, 0.717) is 60.4 Å². The maximum Gasteiger partial charge on any atom is 0.311 e. The number of hydrogen-bond donors (Lipinski definition) is 0. The molecule has 0 N–H and O–H groups in total. The molecule has 0 atom stereocenters. The van der Waals surface area contributed by atoms with E-state index in [-0.39, 0.29) is 11.8 Å². The van der Waals surface area contributed by atoms with Gasteiger partial charge in [-0.15, -0.1) is 0 Å². The van der Waals surface area contributed by atoms with Crippen molar-refractivity contribution in [2.75, 3.05) is 6.61 Å². The summed E-state index contributed by atoms with van der Waals surface area (Å²) in [5.74, 6) is 1.53. The Morgan fingerprint density at radius 3 is 1.84 bits per heavy atom. The van der Waals surface area contributed by atoms with Gasteiger partial charge in [0.2, 0.25) is 0 Å². The standard InChI is InChI=1S/C43H50O6/c1-3-5-6-7-8-9-10-11-18-23-43(45)49-38-26-24-36(41(31-38)46-4-2)25-29-40(44)39-28-27-37(47-32-34-19-14-12-15-20-34)30-42(39)48-33-35-21-16-13-17-22-35/h12-17,19-22,24-31H,3-11,18,23,32-33H2,1-2H3. The SMILES string of the molecule is CCCCCCCCCCCC(=O)Oc1ccc(C=CC(=O)c2ccc(OCc3ccccc3)cc2OCc2ccccc2)c(OCC)c1. The molecule has 0 aliphatic carbocycles. The number of allylic oxidation sites excluding steroid dienone is 1. The number of rotatable bonds is 22. The van der Waals surface area contributed by atoms with Gasteiger partial charge in [0.1, 0.15) is 36.2 Å². The van der Waals surface area contributed by atoms with Crippen LogP contribution >= 0.6 is 0 Å². The Labute approximate surface area is 292 Å². The van der Waals surface area contributed by atoms with Gasteiger partial charge in [-0.2, -0.15) is 0 Å². The fraction of sp³-hybridized carbons (Fsp3) is 0.349. The van der Waals surface area contributed by atoms with Crippen LogP contribution in [0.25, 0.3) is 6.08 Å². The van der Waals surface area contributed by atoms with Crippen LogP contribution in [0.2, 0.25) is 0 Å². The molecule has 0 heterocycles. The molecule has 0 saturated heterocycles. The van der Waals surface area contributed by atoms with Gasteiger partial charge in [0.05, 0.1) is 12.2 Å². The minimum atomic E-state index is -0.247. The Kier molecular flexibility index (Phi) is 16.0. The highest BCUT2D eigenvalue weighted by Crippen LogP contribution is 2.30. The minimum Gasteiger partial charge on any atom is -0.493 e. The summed E-state index contributed by atoms with van der Waals surface area (Å²) in [5.41, 5.74) is 3.15. The first-order valence-electron chi connectivity index (χ1n) is 17.7. The molecule has 0 aromatic heterocycles. The van der Waals surface area contributed by atoms with Crippen molar-refractivity contribution >= 4 is 17.8 Å². The molecule has 0 bridgehead atoms. The number of unbranched alkanes of at least 4 members (excludes halogenated alkanes) is 8. The van der Waals surface area contributed by atoms with Gasteiger partial charge in [-0.1, -0.05) is 119 Å². The average Bonchev–Trinajstić information content (AvgIpc) is 3.13. The lowest BCUT2D eigenvalue weighted by Crippen LogP contribution is -2.08. The summed E-state index contributed by atoms with van der Waals surface area (Å²) in [6, 6.07) is 30.2. The monoisotopic (exact) mass is 662 g/mol. The van der Waals surface area contributed by atoms with Crippen molar-refractivity contribution in [3.05, 3.63) is 125 Å². The summed E-state index contributed by atoms with van der Waals surface area (Å²) in [6.07, 6.45) is 14.3. The van der Waals surface area contributed by atoms with Crippen LogP contribution in [0.15, 0.2) is 103 Å². The number of ether oxygens (including phenoxy) is 4. The Hall–Kier alpha value is -4.84. The van der Waals surface area contributed by atoms with Gasteiger partial charge in [-0.05, 0) is 60.9 Å². The first kappa shape index (κ1) is 37.0. The van der Waals surface area contributed by atoms with Gasteiger partial charge < -0.3 is 18.9 Å². The molecule has 4 aromatic carbocycles. The van der Waals surface area contributed by atoms with Crippen LogP contribution in [-0.2, 0) is 18.0 Å². The van der Waals surface area contributed by atoms with Crippen LogP contribution in [0.3, 0.4) is 0 Å². The molecular weight excluding hydrogens is 612 g/mol. The van der Waals surface area contributed by atoms with Crippen molar-refractivity contribution in [3.63, 3.8) is 0 Å². The lowest BCUT2D eigenvalue weighted by atomic mass is 10.1. The molecule has 0 unspecified atom stereocenters. The summed E-state index contributed by atoms with van der Waals surface area (Å²) in [4.78, 5) is 26.0. The van der Waals surface area contributed by atoms with E-state index in [1.807, 2.05) is 67.6 Å². The molecule has 0 spiro atoms. The first-order chi connectivity index (χ1) is 24.1. The lowest BCUT2D eigenvalue weighted by Gasteiger charge is -2.13. The maximum absolute atomic E-state index is 13.5. The van der Waals surface area contributed by atoms with Crippen LogP contribution in [0, 0.1) is 0 Å². The van der Waals surface area contributed by atoms with E-state index in [1.54, 1.807) is 42.5 Å². The Balaban J connectivity index is 1.38. The molecule has 258 valence electrons. The normalized spacial score (nSPS) is 11.0. The number of esters is 1. The lowest BCUT2D eigenvalue weighted by molar-refractivity contribution is -0.134. The second-order valence-corrected chi connectivity index (χ2v) is 12.1. The highest BCUT2D eigenvalue weighted by atomic mass is 16.5. The fourth-order valence-electron chi connectivity index (χ4n) is 5.41. The Morgan fingerprint density at radius 1 is 0.592 bits per heavy atom. The van der Waals surface area contributed by atoms with Crippen LogP contribution < -0.4 is 18.9 Å². The van der Waals surface area contributed by atoms with Crippen molar-refractivity contribution in [1.82, 2.24) is 0 Å². The number of hydrogen-bond acceptors (Lipinski definition) is 6. The highest BCUT2D eigenvalue weighted by molar-refractivity contribution is 6.08. The molecule has 6 heteroatoms. The third kappa shape index (κ3) is 13.3. The number of carbonyl (C=O) groups excluding carboxylic acids is 2. The van der Waals surface area contributed by atoms with Crippen LogP contribution in [0.1, 0.15) is 105 Å². The molecule has 49 heavy (non-hydrogen) atoms. The summed E-state index contributed by atoms with van der Waals surface area (Å²) in [5, 5.41) is 0. The predicted octanol–water partition coefficient (Wildman–Crippen LogP) is 11.0. The quantitative estimate of drug-likeness (QED) is 0.0274. The molecule has 0 fully saturated rings. The third-order valence-corrected chi connectivity index (χ3v) is 8.12. The molecule has 0 aliphatic rings. The van der Waals surface area contributed by atoms with E-state index in [0.717, 1.165) is 30.4 Å². The second kappa shape index (κ2) is 21.2. The third-order valence-electron chi connectivity index (χ3n) is 8.12. The van der Waals surface area contributed by atoms with E-state index in [9.17, 15) is 9.59 Å². The second-order valence-electron chi connectivity index (χ2n) is 12.1. The number of carbonyl (C=O) groups is 2. The molecule has 6 nitrogen and oxygen atoms in total. The summed E-state index contributed by atoms with van der Waals surface area (Å²) >= 11 is 0. The molecule has 4 aromatic rings. The smallest absolute Gasteiger partial charge is 0.311 e. The predicted molar refractivity (Wildman–Crippen MR) is 196 cm³/mol. The summed E-state index contributed by atoms with van der Waals surface area (Å²) < 4.78 is 23.7. The maximum atomic E-state index is 13.5. The molecule has 0 radical (unpaired) electrons. The molecule has 0 aliphatic heterocycles.